The number of amides is 1. The highest BCUT2D eigenvalue weighted by molar-refractivity contribution is 7.13. The largest absolute Gasteiger partial charge is 0.338 e. The number of hydrogen-bond donors (Lipinski definition) is 0. The quantitative estimate of drug-likeness (QED) is 0.662. The van der Waals surface area contributed by atoms with Gasteiger partial charge >= 0.3 is 0 Å². The van der Waals surface area contributed by atoms with Crippen LogP contribution in [-0.4, -0.2) is 43.4 Å². The van der Waals surface area contributed by atoms with Crippen molar-refractivity contribution in [2.45, 2.75) is 33.2 Å². The van der Waals surface area contributed by atoms with Crippen LogP contribution in [0, 0.1) is 19.8 Å². The number of pyridine rings is 1. The van der Waals surface area contributed by atoms with E-state index >= 15 is 0 Å². The lowest BCUT2D eigenvalue weighted by atomic mass is 9.96. The molecular weight excluding hydrogens is 386 g/mol. The Morgan fingerprint density at radius 2 is 1.93 bits per heavy atom. The van der Waals surface area contributed by atoms with E-state index in [0.717, 1.165) is 34.0 Å². The van der Waals surface area contributed by atoms with Crippen molar-refractivity contribution >= 4 is 17.2 Å². The maximum absolute atomic E-state index is 12.8. The van der Waals surface area contributed by atoms with Crippen LogP contribution >= 0.6 is 11.3 Å². The first kappa shape index (κ1) is 19.4. The molecule has 0 bridgehead atoms. The molecule has 0 spiro atoms. The summed E-state index contributed by atoms with van der Waals surface area (Å²) >= 11 is 1.46. The predicted molar refractivity (Wildman–Crippen MR) is 112 cm³/mol. The summed E-state index contributed by atoms with van der Waals surface area (Å²) in [6, 6.07) is 5.25. The van der Waals surface area contributed by atoms with Crippen LogP contribution < -0.4 is 5.56 Å². The fourth-order valence-corrected chi connectivity index (χ4v) is 4.60. The van der Waals surface area contributed by atoms with Gasteiger partial charge in [0, 0.05) is 43.7 Å². The zero-order valence-corrected chi connectivity index (χ0v) is 17.4. The molecule has 0 saturated carbocycles. The molecule has 7 nitrogen and oxygen atoms in total. The Morgan fingerprint density at radius 3 is 2.55 bits per heavy atom. The molecule has 0 radical (unpaired) electrons. The molecule has 150 valence electrons. The SMILES string of the molecule is Cc1nc(C)c(C(=O)N2CCC(Cn3cnc(-c4ccncc4)cc3=O)CC2)s1. The van der Waals surface area contributed by atoms with Gasteiger partial charge in [0.1, 0.15) is 4.88 Å². The molecule has 1 fully saturated rings. The van der Waals surface area contributed by atoms with Gasteiger partial charge in [-0.05, 0) is 44.7 Å². The normalized spacial score (nSPS) is 14.9. The fourth-order valence-electron chi connectivity index (χ4n) is 3.71. The van der Waals surface area contributed by atoms with Crippen LogP contribution in [0.25, 0.3) is 11.3 Å². The minimum absolute atomic E-state index is 0.0546. The third-order valence-corrected chi connectivity index (χ3v) is 6.37. The number of carbonyl (C=O) groups excluding carboxylic acids is 1. The van der Waals surface area contributed by atoms with E-state index in [9.17, 15) is 9.59 Å². The molecule has 1 saturated heterocycles. The Balaban J connectivity index is 1.38. The third-order valence-electron chi connectivity index (χ3n) is 5.31. The molecular formula is C21H23N5O2S. The molecule has 4 heterocycles. The molecule has 0 atom stereocenters. The first-order valence-corrected chi connectivity index (χ1v) is 10.5. The van der Waals surface area contributed by atoms with Crippen LogP contribution in [0.1, 0.15) is 33.2 Å². The second-order valence-corrected chi connectivity index (χ2v) is 8.59. The Morgan fingerprint density at radius 1 is 1.21 bits per heavy atom. The number of thiazole rings is 1. The highest BCUT2D eigenvalue weighted by Crippen LogP contribution is 2.24. The number of likely N-dealkylation sites (tertiary alicyclic amines) is 1. The first-order valence-electron chi connectivity index (χ1n) is 9.71. The lowest BCUT2D eigenvalue weighted by molar-refractivity contribution is 0.0686. The average molecular weight is 410 g/mol. The van der Waals surface area contributed by atoms with Crippen LogP contribution in [0.2, 0.25) is 0 Å². The lowest BCUT2D eigenvalue weighted by Gasteiger charge is -2.32. The van der Waals surface area contributed by atoms with Gasteiger partial charge in [0.05, 0.1) is 22.7 Å². The van der Waals surface area contributed by atoms with Crippen LogP contribution in [0.5, 0.6) is 0 Å². The Bertz CT molecular complexity index is 1070. The lowest BCUT2D eigenvalue weighted by Crippen LogP contribution is -2.40. The van der Waals surface area contributed by atoms with Crippen molar-refractivity contribution in [2.75, 3.05) is 13.1 Å². The molecule has 29 heavy (non-hydrogen) atoms. The van der Waals surface area contributed by atoms with E-state index in [4.69, 9.17) is 0 Å². The molecule has 0 unspecified atom stereocenters. The summed E-state index contributed by atoms with van der Waals surface area (Å²) in [5, 5.41) is 0.919. The third kappa shape index (κ3) is 4.27. The second kappa shape index (κ2) is 8.24. The molecule has 1 amide bonds. The summed E-state index contributed by atoms with van der Waals surface area (Å²) in [4.78, 5) is 40.7. The predicted octanol–water partition coefficient (Wildman–Crippen LogP) is 2.93. The van der Waals surface area contributed by atoms with Crippen molar-refractivity contribution in [1.29, 1.82) is 0 Å². The number of nitrogens with zero attached hydrogens (tertiary/aromatic N) is 5. The smallest absolute Gasteiger partial charge is 0.265 e. The first-order chi connectivity index (χ1) is 14.0. The Labute approximate surface area is 173 Å². The summed E-state index contributed by atoms with van der Waals surface area (Å²) in [6.07, 6.45) is 6.75. The summed E-state index contributed by atoms with van der Waals surface area (Å²) < 4.78 is 1.67. The van der Waals surface area contributed by atoms with Crippen molar-refractivity contribution in [3.8, 4) is 11.3 Å². The highest BCUT2D eigenvalue weighted by atomic mass is 32.1. The van der Waals surface area contributed by atoms with E-state index in [1.807, 2.05) is 30.9 Å². The minimum atomic E-state index is -0.0546. The van der Waals surface area contributed by atoms with Gasteiger partial charge < -0.3 is 4.90 Å². The molecule has 4 rings (SSSR count). The van der Waals surface area contributed by atoms with Crippen LogP contribution in [0.3, 0.4) is 0 Å². The van der Waals surface area contributed by atoms with Crippen molar-refractivity contribution in [3.63, 3.8) is 0 Å². The summed E-state index contributed by atoms with van der Waals surface area (Å²) in [7, 11) is 0. The standard InChI is InChI=1S/C21H23N5O2S/c1-14-20(29-15(2)24-14)21(28)25-9-5-16(6-10-25)12-26-13-23-18(11-19(26)27)17-3-7-22-8-4-17/h3-4,7-8,11,13,16H,5-6,9-10,12H2,1-2H3. The average Bonchev–Trinajstić information content (AvgIpc) is 3.08. The van der Waals surface area contributed by atoms with Gasteiger partial charge in [-0.25, -0.2) is 9.97 Å². The van der Waals surface area contributed by atoms with Crippen LogP contribution in [0.15, 0.2) is 41.7 Å². The van der Waals surface area contributed by atoms with Crippen LogP contribution in [-0.2, 0) is 6.54 Å². The van der Waals surface area contributed by atoms with E-state index in [1.165, 1.54) is 11.3 Å². The number of carbonyl (C=O) groups is 1. The van der Waals surface area contributed by atoms with Gasteiger partial charge in [-0.2, -0.15) is 0 Å². The van der Waals surface area contributed by atoms with Crippen molar-refractivity contribution < 1.29 is 4.79 Å². The Hall–Kier alpha value is -2.87. The molecule has 0 aromatic carbocycles. The number of hydrogen-bond acceptors (Lipinski definition) is 6. The molecule has 1 aliphatic rings. The summed E-state index contributed by atoms with van der Waals surface area (Å²) in [5.41, 5.74) is 2.29. The van der Waals surface area contributed by atoms with Crippen molar-refractivity contribution in [3.05, 3.63) is 62.9 Å². The Kier molecular flexibility index (Phi) is 5.53. The highest BCUT2D eigenvalue weighted by Gasteiger charge is 2.26. The molecule has 1 aliphatic heterocycles. The molecule has 3 aromatic heterocycles. The molecule has 0 N–H and O–H groups in total. The number of piperidine rings is 1. The van der Waals surface area contributed by atoms with E-state index in [2.05, 4.69) is 15.0 Å². The summed E-state index contributed by atoms with van der Waals surface area (Å²) in [5.74, 6) is 0.432. The van der Waals surface area contributed by atoms with Gasteiger partial charge in [0.25, 0.3) is 11.5 Å². The van der Waals surface area contributed by atoms with Crippen LogP contribution in [0.4, 0.5) is 0 Å². The van der Waals surface area contributed by atoms with Gasteiger partial charge in [-0.3, -0.25) is 19.1 Å². The van der Waals surface area contributed by atoms with Crippen molar-refractivity contribution in [1.82, 2.24) is 24.4 Å². The minimum Gasteiger partial charge on any atom is -0.338 e. The zero-order valence-electron chi connectivity index (χ0n) is 16.5. The monoisotopic (exact) mass is 409 g/mol. The molecule has 8 heteroatoms. The number of aromatic nitrogens is 4. The number of rotatable bonds is 4. The topological polar surface area (TPSA) is 81.0 Å². The van der Waals surface area contributed by atoms with E-state index in [1.54, 1.807) is 29.4 Å². The maximum atomic E-state index is 12.8. The molecule has 0 aliphatic carbocycles. The zero-order chi connectivity index (χ0) is 20.4. The summed E-state index contributed by atoms with van der Waals surface area (Å²) in [6.45, 7) is 5.85. The maximum Gasteiger partial charge on any atom is 0.265 e. The number of aryl methyl sites for hydroxylation is 2. The molecule has 3 aromatic rings. The van der Waals surface area contributed by atoms with E-state index in [-0.39, 0.29) is 11.5 Å². The van der Waals surface area contributed by atoms with Gasteiger partial charge in [-0.15, -0.1) is 11.3 Å². The van der Waals surface area contributed by atoms with E-state index in [0.29, 0.717) is 31.2 Å². The van der Waals surface area contributed by atoms with Gasteiger partial charge in [0.15, 0.2) is 0 Å². The second-order valence-electron chi connectivity index (χ2n) is 7.38. The van der Waals surface area contributed by atoms with Crippen molar-refractivity contribution in [2.24, 2.45) is 5.92 Å². The fraction of sp³-hybridized carbons (Fsp3) is 0.381. The van der Waals surface area contributed by atoms with Gasteiger partial charge in [0.2, 0.25) is 0 Å². The van der Waals surface area contributed by atoms with Gasteiger partial charge in [-0.1, -0.05) is 0 Å². The van der Waals surface area contributed by atoms with E-state index < -0.39 is 0 Å².